The molecule has 1 aliphatic rings. The Kier molecular flexibility index (Phi) is 2.98. The lowest BCUT2D eigenvalue weighted by molar-refractivity contribution is -0.118. The minimum atomic E-state index is -2.72. The average molecular weight is 194 g/mol. The van der Waals surface area contributed by atoms with Crippen molar-refractivity contribution in [1.29, 1.82) is 0 Å². The normalized spacial score (nSPS) is 31.9. The third-order valence-electron chi connectivity index (χ3n) is 2.66. The highest BCUT2D eigenvalue weighted by molar-refractivity contribution is 5.60. The number of aldehydes is 1. The van der Waals surface area contributed by atoms with E-state index in [1.807, 2.05) is 0 Å². The molecule has 1 rings (SSSR count). The number of rotatable bonds is 4. The van der Waals surface area contributed by atoms with Gasteiger partial charge in [0.05, 0.1) is 6.67 Å². The molecule has 0 radical (unpaired) electrons. The Balaban J connectivity index is 2.57. The third kappa shape index (κ3) is 2.45. The van der Waals surface area contributed by atoms with Crippen molar-refractivity contribution in [2.24, 2.45) is 5.41 Å². The highest BCUT2D eigenvalue weighted by atomic mass is 19.3. The molecule has 4 heteroatoms. The summed E-state index contributed by atoms with van der Waals surface area (Å²) in [7, 11) is 0. The largest absolute Gasteiger partial charge is 0.303 e. The SMILES string of the molecule is O=CC1(CCCF)CCC(F)(F)C1. The molecule has 0 aromatic carbocycles. The smallest absolute Gasteiger partial charge is 0.249 e. The monoisotopic (exact) mass is 194 g/mol. The van der Waals surface area contributed by atoms with Crippen molar-refractivity contribution in [3.05, 3.63) is 0 Å². The van der Waals surface area contributed by atoms with Gasteiger partial charge in [0.2, 0.25) is 5.92 Å². The second kappa shape index (κ2) is 3.68. The van der Waals surface area contributed by atoms with Gasteiger partial charge in [-0.1, -0.05) is 0 Å². The molecule has 0 spiro atoms. The molecule has 0 aromatic heterocycles. The Morgan fingerprint density at radius 3 is 2.38 bits per heavy atom. The van der Waals surface area contributed by atoms with E-state index in [0.29, 0.717) is 6.29 Å². The maximum atomic E-state index is 12.8. The first kappa shape index (κ1) is 10.5. The van der Waals surface area contributed by atoms with E-state index in [2.05, 4.69) is 0 Å². The Morgan fingerprint density at radius 2 is 2.00 bits per heavy atom. The number of halogens is 3. The fourth-order valence-corrected chi connectivity index (χ4v) is 1.92. The van der Waals surface area contributed by atoms with Crippen molar-refractivity contribution in [2.75, 3.05) is 6.67 Å². The Labute approximate surface area is 75.3 Å². The molecule has 1 saturated carbocycles. The first-order chi connectivity index (χ1) is 6.04. The van der Waals surface area contributed by atoms with Crippen LogP contribution >= 0.6 is 0 Å². The molecule has 0 bridgehead atoms. The maximum Gasteiger partial charge on any atom is 0.249 e. The first-order valence-electron chi connectivity index (χ1n) is 4.44. The second-order valence-corrected chi connectivity index (χ2v) is 3.81. The van der Waals surface area contributed by atoms with Crippen molar-refractivity contribution in [3.63, 3.8) is 0 Å². The van der Waals surface area contributed by atoms with Gasteiger partial charge in [-0.3, -0.25) is 4.39 Å². The van der Waals surface area contributed by atoms with E-state index in [0.717, 1.165) is 0 Å². The molecular formula is C9H13F3O. The number of hydrogen-bond donors (Lipinski definition) is 0. The Hall–Kier alpha value is -0.540. The summed E-state index contributed by atoms with van der Waals surface area (Å²) in [5.74, 6) is -2.72. The van der Waals surface area contributed by atoms with E-state index in [1.54, 1.807) is 0 Å². The van der Waals surface area contributed by atoms with E-state index in [4.69, 9.17) is 0 Å². The van der Waals surface area contributed by atoms with Gasteiger partial charge in [-0.2, -0.15) is 0 Å². The molecule has 0 heterocycles. The number of carbonyl (C=O) groups excluding carboxylic acids is 1. The van der Waals surface area contributed by atoms with Crippen molar-refractivity contribution in [2.45, 2.75) is 38.0 Å². The van der Waals surface area contributed by atoms with E-state index >= 15 is 0 Å². The van der Waals surface area contributed by atoms with Gasteiger partial charge in [0.1, 0.15) is 6.29 Å². The molecule has 0 saturated heterocycles. The summed E-state index contributed by atoms with van der Waals surface area (Å²) in [5, 5.41) is 0. The van der Waals surface area contributed by atoms with Gasteiger partial charge in [-0.15, -0.1) is 0 Å². The van der Waals surface area contributed by atoms with Gasteiger partial charge < -0.3 is 4.79 Å². The van der Waals surface area contributed by atoms with Gasteiger partial charge in [0.15, 0.2) is 0 Å². The minimum Gasteiger partial charge on any atom is -0.303 e. The van der Waals surface area contributed by atoms with Crippen LogP contribution < -0.4 is 0 Å². The number of alkyl halides is 3. The van der Waals surface area contributed by atoms with Crippen molar-refractivity contribution < 1.29 is 18.0 Å². The number of carbonyl (C=O) groups is 1. The van der Waals surface area contributed by atoms with Crippen LogP contribution in [0.5, 0.6) is 0 Å². The lowest BCUT2D eigenvalue weighted by Gasteiger charge is -2.20. The van der Waals surface area contributed by atoms with E-state index < -0.39 is 24.4 Å². The molecule has 1 fully saturated rings. The first-order valence-corrected chi connectivity index (χ1v) is 4.44. The third-order valence-corrected chi connectivity index (χ3v) is 2.66. The van der Waals surface area contributed by atoms with Crippen LogP contribution in [0.25, 0.3) is 0 Å². The highest BCUT2D eigenvalue weighted by Gasteiger charge is 2.48. The van der Waals surface area contributed by atoms with Crippen LogP contribution in [0.15, 0.2) is 0 Å². The zero-order valence-electron chi connectivity index (χ0n) is 7.36. The zero-order valence-corrected chi connectivity index (χ0v) is 7.36. The fraction of sp³-hybridized carbons (Fsp3) is 0.889. The molecule has 1 aliphatic carbocycles. The van der Waals surface area contributed by atoms with Crippen molar-refractivity contribution >= 4 is 6.29 Å². The van der Waals surface area contributed by atoms with Crippen LogP contribution in [-0.2, 0) is 4.79 Å². The molecule has 1 atom stereocenters. The summed E-state index contributed by atoms with van der Waals surface area (Å²) in [6, 6.07) is 0. The summed E-state index contributed by atoms with van der Waals surface area (Å²) >= 11 is 0. The van der Waals surface area contributed by atoms with Crippen LogP contribution in [-0.4, -0.2) is 18.9 Å². The van der Waals surface area contributed by atoms with Gasteiger partial charge in [0, 0.05) is 18.3 Å². The van der Waals surface area contributed by atoms with E-state index in [9.17, 15) is 18.0 Å². The molecule has 76 valence electrons. The molecule has 13 heavy (non-hydrogen) atoms. The summed E-state index contributed by atoms with van der Waals surface area (Å²) in [6.45, 7) is -0.541. The van der Waals surface area contributed by atoms with Gasteiger partial charge in [0.25, 0.3) is 0 Å². The molecule has 0 aliphatic heterocycles. The minimum absolute atomic E-state index is 0.198. The quantitative estimate of drug-likeness (QED) is 0.629. The van der Waals surface area contributed by atoms with Crippen LogP contribution in [0, 0.1) is 5.41 Å². The molecule has 0 amide bonds. The van der Waals surface area contributed by atoms with Crippen LogP contribution in [0.3, 0.4) is 0 Å². The van der Waals surface area contributed by atoms with Crippen molar-refractivity contribution in [3.8, 4) is 0 Å². The summed E-state index contributed by atoms with van der Waals surface area (Å²) < 4.78 is 37.4. The average Bonchev–Trinajstić information content (AvgIpc) is 2.40. The van der Waals surface area contributed by atoms with Crippen LogP contribution in [0.4, 0.5) is 13.2 Å². The maximum absolute atomic E-state index is 12.8. The van der Waals surface area contributed by atoms with E-state index in [1.165, 1.54) is 0 Å². The summed E-state index contributed by atoms with van der Waals surface area (Å²) in [5.41, 5.74) is -0.949. The Bertz CT molecular complexity index is 193. The summed E-state index contributed by atoms with van der Waals surface area (Å²) in [4.78, 5) is 10.7. The van der Waals surface area contributed by atoms with Gasteiger partial charge in [-0.05, 0) is 19.3 Å². The van der Waals surface area contributed by atoms with E-state index in [-0.39, 0.29) is 25.7 Å². The van der Waals surface area contributed by atoms with Crippen LogP contribution in [0.1, 0.15) is 32.1 Å². The van der Waals surface area contributed by atoms with Gasteiger partial charge in [-0.25, -0.2) is 8.78 Å². The Morgan fingerprint density at radius 1 is 1.31 bits per heavy atom. The molecule has 0 N–H and O–H groups in total. The van der Waals surface area contributed by atoms with Crippen LogP contribution in [0.2, 0.25) is 0 Å². The highest BCUT2D eigenvalue weighted by Crippen LogP contribution is 2.48. The lowest BCUT2D eigenvalue weighted by Crippen LogP contribution is -2.22. The topological polar surface area (TPSA) is 17.1 Å². The zero-order chi connectivity index (χ0) is 9.95. The molecule has 1 unspecified atom stereocenters. The predicted octanol–water partition coefficient (Wildman–Crippen LogP) is 2.74. The van der Waals surface area contributed by atoms with Gasteiger partial charge >= 0.3 is 0 Å². The van der Waals surface area contributed by atoms with Crippen molar-refractivity contribution in [1.82, 2.24) is 0 Å². The molecule has 1 nitrogen and oxygen atoms in total. The fourth-order valence-electron chi connectivity index (χ4n) is 1.92. The number of hydrogen-bond acceptors (Lipinski definition) is 1. The standard InChI is InChI=1S/C9H13F3O/c10-5-1-2-8(7-13)3-4-9(11,12)6-8/h7H,1-6H2. The molecular weight excluding hydrogens is 181 g/mol. The molecule has 0 aromatic rings. The summed E-state index contributed by atoms with van der Waals surface area (Å²) in [6.07, 6.45) is 0.603. The predicted molar refractivity (Wildman–Crippen MR) is 42.5 cm³/mol. The lowest BCUT2D eigenvalue weighted by atomic mass is 9.83. The second-order valence-electron chi connectivity index (χ2n) is 3.81.